The second-order valence-corrected chi connectivity index (χ2v) is 20.4. The molecule has 0 radical (unpaired) electrons. The molecule has 0 aromatic heterocycles. The fraction of sp³-hybridized carbons (Fsp3) is 0.965. The van der Waals surface area contributed by atoms with Crippen molar-refractivity contribution in [3.63, 3.8) is 0 Å². The number of ether oxygens (including phenoxy) is 1. The Hall–Kier alpha value is -1.18. The van der Waals surface area contributed by atoms with Gasteiger partial charge in [0.2, 0.25) is 5.91 Å². The SMILES string of the molecule is CCCCCCCCCN(CCCCCCCCC)CCN(CCCCCCCCC)CCC(=O)N1CCC(CCCN(CCCCCCCC)CCCC(=O)OCCCCC)CC1. The van der Waals surface area contributed by atoms with Gasteiger partial charge in [-0.2, -0.15) is 0 Å². The summed E-state index contributed by atoms with van der Waals surface area (Å²) < 4.78 is 5.49. The first kappa shape index (κ1) is 60.8. The number of likely N-dealkylation sites (tertiary alicyclic amines) is 1. The van der Waals surface area contributed by atoms with Gasteiger partial charge < -0.3 is 24.3 Å². The lowest BCUT2D eigenvalue weighted by Gasteiger charge is -2.33. The first-order valence-corrected chi connectivity index (χ1v) is 29.1. The molecule has 64 heavy (non-hydrogen) atoms. The first-order valence-electron chi connectivity index (χ1n) is 29.1. The number of unbranched alkanes of at least 4 members (excludes halogenated alkanes) is 25. The Balaban J connectivity index is 2.65. The monoisotopic (exact) mass is 903 g/mol. The van der Waals surface area contributed by atoms with Gasteiger partial charge in [-0.1, -0.05) is 195 Å². The molecule has 0 unspecified atom stereocenters. The molecule has 0 aromatic carbocycles. The summed E-state index contributed by atoms with van der Waals surface area (Å²) in [7, 11) is 0. The normalized spacial score (nSPS) is 13.6. The van der Waals surface area contributed by atoms with Crippen molar-refractivity contribution >= 4 is 11.9 Å². The van der Waals surface area contributed by atoms with Gasteiger partial charge in [-0.05, 0) is 109 Å². The Kier molecular flexibility index (Phi) is 44.6. The molecule has 0 aromatic rings. The molecule has 1 amide bonds. The number of nitrogens with zero attached hydrogens (tertiary/aromatic N) is 4. The summed E-state index contributed by atoms with van der Waals surface area (Å²) in [5, 5.41) is 0. The minimum Gasteiger partial charge on any atom is -0.466 e. The molecular weight excluding hydrogens is 789 g/mol. The molecule has 0 spiro atoms. The quantitative estimate of drug-likeness (QED) is 0.0448. The van der Waals surface area contributed by atoms with Crippen LogP contribution in [0.15, 0.2) is 0 Å². The summed E-state index contributed by atoms with van der Waals surface area (Å²) in [6, 6.07) is 0. The smallest absolute Gasteiger partial charge is 0.305 e. The van der Waals surface area contributed by atoms with Crippen LogP contribution < -0.4 is 0 Å². The van der Waals surface area contributed by atoms with Crippen LogP contribution in [0.5, 0.6) is 0 Å². The van der Waals surface area contributed by atoms with E-state index in [1.54, 1.807) is 0 Å². The molecule has 0 aliphatic carbocycles. The van der Waals surface area contributed by atoms with Gasteiger partial charge in [0.15, 0.2) is 0 Å². The number of carbonyl (C=O) groups excluding carboxylic acids is 2. The van der Waals surface area contributed by atoms with Gasteiger partial charge in [0.25, 0.3) is 0 Å². The molecular formula is C57H114N4O3. The van der Waals surface area contributed by atoms with Crippen LogP contribution in [0.3, 0.4) is 0 Å². The lowest BCUT2D eigenvalue weighted by atomic mass is 9.92. The van der Waals surface area contributed by atoms with Crippen molar-refractivity contribution in [3.05, 3.63) is 0 Å². The molecule has 0 N–H and O–H groups in total. The van der Waals surface area contributed by atoms with Crippen LogP contribution in [-0.2, 0) is 14.3 Å². The summed E-state index contributed by atoms with van der Waals surface area (Å²) in [5.74, 6) is 1.10. The Morgan fingerprint density at radius 1 is 0.391 bits per heavy atom. The average Bonchev–Trinajstić information content (AvgIpc) is 3.30. The van der Waals surface area contributed by atoms with E-state index >= 15 is 0 Å². The molecule has 1 saturated heterocycles. The molecule has 380 valence electrons. The summed E-state index contributed by atoms with van der Waals surface area (Å²) in [6.45, 7) is 23.9. The van der Waals surface area contributed by atoms with Crippen LogP contribution in [-0.4, -0.2) is 110 Å². The lowest BCUT2D eigenvalue weighted by Crippen LogP contribution is -2.41. The van der Waals surface area contributed by atoms with E-state index in [2.05, 4.69) is 54.2 Å². The molecule has 0 saturated carbocycles. The minimum absolute atomic E-state index is 0.0207. The van der Waals surface area contributed by atoms with Gasteiger partial charge >= 0.3 is 5.97 Å². The Morgan fingerprint density at radius 2 is 0.734 bits per heavy atom. The summed E-state index contributed by atoms with van der Waals surface area (Å²) in [4.78, 5) is 36.4. The largest absolute Gasteiger partial charge is 0.466 e. The number of hydrogen-bond donors (Lipinski definition) is 0. The number of rotatable bonds is 49. The van der Waals surface area contributed by atoms with E-state index in [0.29, 0.717) is 25.4 Å². The lowest BCUT2D eigenvalue weighted by molar-refractivity contribution is -0.144. The minimum atomic E-state index is -0.0207. The molecule has 1 rings (SSSR count). The van der Waals surface area contributed by atoms with Crippen LogP contribution in [0.2, 0.25) is 0 Å². The van der Waals surface area contributed by atoms with Crippen LogP contribution >= 0.6 is 0 Å². The number of hydrogen-bond acceptors (Lipinski definition) is 6. The van der Waals surface area contributed by atoms with Crippen molar-refractivity contribution in [1.82, 2.24) is 19.6 Å². The van der Waals surface area contributed by atoms with E-state index in [1.807, 2.05) is 0 Å². The predicted octanol–water partition coefficient (Wildman–Crippen LogP) is 15.4. The van der Waals surface area contributed by atoms with E-state index in [9.17, 15) is 9.59 Å². The Bertz CT molecular complexity index is 970. The summed E-state index contributed by atoms with van der Waals surface area (Å²) in [6.07, 6.45) is 46.8. The maximum atomic E-state index is 13.7. The van der Waals surface area contributed by atoms with Crippen LogP contribution in [0.4, 0.5) is 0 Å². The van der Waals surface area contributed by atoms with Gasteiger partial charge in [-0.3, -0.25) is 9.59 Å². The van der Waals surface area contributed by atoms with Crippen molar-refractivity contribution in [2.75, 3.05) is 78.6 Å². The second-order valence-electron chi connectivity index (χ2n) is 20.4. The summed E-state index contributed by atoms with van der Waals surface area (Å²) >= 11 is 0. The van der Waals surface area contributed by atoms with Gasteiger partial charge in [-0.25, -0.2) is 0 Å². The predicted molar refractivity (Wildman–Crippen MR) is 280 cm³/mol. The zero-order chi connectivity index (χ0) is 46.4. The van der Waals surface area contributed by atoms with E-state index < -0.39 is 0 Å². The average molecular weight is 904 g/mol. The van der Waals surface area contributed by atoms with Crippen molar-refractivity contribution in [1.29, 1.82) is 0 Å². The van der Waals surface area contributed by atoms with Gasteiger partial charge in [0, 0.05) is 45.6 Å². The molecule has 1 aliphatic rings. The highest BCUT2D eigenvalue weighted by atomic mass is 16.5. The highest BCUT2D eigenvalue weighted by Gasteiger charge is 2.23. The van der Waals surface area contributed by atoms with E-state index in [0.717, 1.165) is 103 Å². The fourth-order valence-electron chi connectivity index (χ4n) is 9.83. The van der Waals surface area contributed by atoms with Crippen molar-refractivity contribution in [3.8, 4) is 0 Å². The second kappa shape index (κ2) is 46.9. The number of carbonyl (C=O) groups is 2. The van der Waals surface area contributed by atoms with Crippen molar-refractivity contribution in [2.45, 2.75) is 272 Å². The fourth-order valence-corrected chi connectivity index (χ4v) is 9.83. The van der Waals surface area contributed by atoms with Crippen molar-refractivity contribution < 1.29 is 14.3 Å². The standard InChI is InChI=1S/C57H114N4O3/c1-6-11-16-20-24-28-32-44-59(45-33-29-25-21-17-12-7-2)52-53-60(46-34-30-26-22-18-13-8-3)49-42-56(62)61-50-40-55(41-51-61)38-36-47-58(43-31-27-23-19-14-9-4)48-37-39-57(63)64-54-35-15-10-5/h55H,6-54H2,1-5H3. The number of esters is 1. The molecule has 1 aliphatic heterocycles. The van der Waals surface area contributed by atoms with Gasteiger partial charge in [0.1, 0.15) is 0 Å². The third kappa shape index (κ3) is 37.9. The topological polar surface area (TPSA) is 56.3 Å². The third-order valence-corrected chi connectivity index (χ3v) is 14.4. The summed E-state index contributed by atoms with van der Waals surface area (Å²) in [5.41, 5.74) is 0. The van der Waals surface area contributed by atoms with Gasteiger partial charge in [-0.15, -0.1) is 0 Å². The zero-order valence-corrected chi connectivity index (χ0v) is 44.2. The molecule has 7 heteroatoms. The number of piperidine rings is 1. The van der Waals surface area contributed by atoms with Gasteiger partial charge in [0.05, 0.1) is 6.61 Å². The Labute approximate surface area is 401 Å². The zero-order valence-electron chi connectivity index (χ0n) is 44.2. The Morgan fingerprint density at radius 3 is 1.17 bits per heavy atom. The molecule has 1 fully saturated rings. The third-order valence-electron chi connectivity index (χ3n) is 14.4. The maximum absolute atomic E-state index is 13.7. The maximum Gasteiger partial charge on any atom is 0.305 e. The molecule has 0 bridgehead atoms. The van der Waals surface area contributed by atoms with Crippen LogP contribution in [0, 0.1) is 5.92 Å². The number of amides is 1. The van der Waals surface area contributed by atoms with Crippen molar-refractivity contribution in [2.24, 2.45) is 5.92 Å². The van der Waals surface area contributed by atoms with E-state index in [-0.39, 0.29) is 5.97 Å². The molecule has 1 heterocycles. The molecule has 0 atom stereocenters. The molecule has 7 nitrogen and oxygen atoms in total. The van der Waals surface area contributed by atoms with E-state index in [1.165, 1.54) is 199 Å². The first-order chi connectivity index (χ1) is 31.5. The van der Waals surface area contributed by atoms with Crippen LogP contribution in [0.1, 0.15) is 272 Å². The van der Waals surface area contributed by atoms with Crippen LogP contribution in [0.25, 0.3) is 0 Å². The van der Waals surface area contributed by atoms with E-state index in [4.69, 9.17) is 4.74 Å². The highest BCUT2D eigenvalue weighted by molar-refractivity contribution is 5.76. The highest BCUT2D eigenvalue weighted by Crippen LogP contribution is 2.23.